The Labute approximate surface area is 107 Å². The highest BCUT2D eigenvalue weighted by atomic mass is 19.3. The zero-order valence-electron chi connectivity index (χ0n) is 10.7. The van der Waals surface area contributed by atoms with Crippen LogP contribution in [-0.4, -0.2) is 17.9 Å². The van der Waals surface area contributed by atoms with Gasteiger partial charge in [0.15, 0.2) is 0 Å². The van der Waals surface area contributed by atoms with Gasteiger partial charge in [0.1, 0.15) is 0 Å². The third-order valence-electron chi connectivity index (χ3n) is 5.21. The van der Waals surface area contributed by atoms with Crippen LogP contribution in [0.15, 0.2) is 0 Å². The van der Waals surface area contributed by atoms with Gasteiger partial charge in [-0.25, -0.2) is 8.78 Å². The van der Waals surface area contributed by atoms with Crippen LogP contribution in [0.25, 0.3) is 0 Å². The molecule has 0 aromatic rings. The van der Waals surface area contributed by atoms with E-state index in [2.05, 4.69) is 5.32 Å². The fraction of sp³-hybridized carbons (Fsp3) is 0.929. The van der Waals surface area contributed by atoms with Gasteiger partial charge >= 0.3 is 0 Å². The van der Waals surface area contributed by atoms with Crippen LogP contribution in [0.4, 0.5) is 8.78 Å². The summed E-state index contributed by atoms with van der Waals surface area (Å²) < 4.78 is 26.0. The van der Waals surface area contributed by atoms with E-state index in [-0.39, 0.29) is 24.7 Å². The number of halogens is 2. The first kappa shape index (κ1) is 12.4. The molecule has 0 atom stereocenters. The van der Waals surface area contributed by atoms with Crippen molar-refractivity contribution in [1.82, 2.24) is 5.32 Å². The number of carbonyl (C=O) groups excluding carboxylic acids is 1. The Balaban J connectivity index is 1.42. The topological polar surface area (TPSA) is 29.1 Å². The fourth-order valence-corrected chi connectivity index (χ4v) is 3.79. The van der Waals surface area contributed by atoms with Gasteiger partial charge in [0, 0.05) is 24.8 Å². The lowest BCUT2D eigenvalue weighted by Crippen LogP contribution is -2.54. The van der Waals surface area contributed by atoms with E-state index in [4.69, 9.17) is 0 Å². The highest BCUT2D eigenvalue weighted by Crippen LogP contribution is 2.55. The molecule has 4 heteroatoms. The van der Waals surface area contributed by atoms with Crippen molar-refractivity contribution in [2.24, 2.45) is 11.3 Å². The van der Waals surface area contributed by atoms with Crippen molar-refractivity contribution in [3.63, 3.8) is 0 Å². The lowest BCUT2D eigenvalue weighted by molar-refractivity contribution is -0.132. The first-order valence-electron chi connectivity index (χ1n) is 7.16. The van der Waals surface area contributed by atoms with Crippen molar-refractivity contribution < 1.29 is 13.6 Å². The van der Waals surface area contributed by atoms with E-state index in [9.17, 15) is 13.6 Å². The molecular formula is C14H21F2NO. The van der Waals surface area contributed by atoms with Crippen molar-refractivity contribution >= 4 is 5.91 Å². The summed E-state index contributed by atoms with van der Waals surface area (Å²) in [6, 6.07) is 0.320. The summed E-state index contributed by atoms with van der Waals surface area (Å²) in [5.74, 6) is -2.70. The van der Waals surface area contributed by atoms with Crippen LogP contribution in [0.5, 0.6) is 0 Å². The Morgan fingerprint density at radius 3 is 2.17 bits per heavy atom. The Hall–Kier alpha value is -0.670. The van der Waals surface area contributed by atoms with E-state index < -0.39 is 5.92 Å². The monoisotopic (exact) mass is 257 g/mol. The van der Waals surface area contributed by atoms with E-state index in [0.717, 1.165) is 12.8 Å². The molecule has 1 N–H and O–H groups in total. The van der Waals surface area contributed by atoms with Crippen LogP contribution in [-0.2, 0) is 4.79 Å². The van der Waals surface area contributed by atoms with Crippen LogP contribution < -0.4 is 5.32 Å². The molecule has 0 unspecified atom stereocenters. The minimum Gasteiger partial charge on any atom is -0.353 e. The van der Waals surface area contributed by atoms with Gasteiger partial charge in [-0.2, -0.15) is 0 Å². The summed E-state index contributed by atoms with van der Waals surface area (Å²) in [7, 11) is 0. The van der Waals surface area contributed by atoms with Gasteiger partial charge in [-0.15, -0.1) is 0 Å². The second kappa shape index (κ2) is 4.17. The molecule has 102 valence electrons. The molecular weight excluding hydrogens is 236 g/mol. The summed E-state index contributed by atoms with van der Waals surface area (Å²) in [5, 5.41) is 3.05. The zero-order valence-corrected chi connectivity index (χ0v) is 10.7. The Bertz CT molecular complexity index is 334. The van der Waals surface area contributed by atoms with Gasteiger partial charge in [0.2, 0.25) is 11.8 Å². The maximum atomic E-state index is 13.0. The number of alkyl halides is 2. The molecule has 3 rings (SSSR count). The molecule has 0 radical (unpaired) electrons. The summed E-state index contributed by atoms with van der Waals surface area (Å²) >= 11 is 0. The third kappa shape index (κ3) is 2.26. The van der Waals surface area contributed by atoms with Crippen LogP contribution in [0.2, 0.25) is 0 Å². The van der Waals surface area contributed by atoms with Gasteiger partial charge < -0.3 is 5.32 Å². The van der Waals surface area contributed by atoms with E-state index in [1.165, 1.54) is 19.3 Å². The van der Waals surface area contributed by atoms with Crippen molar-refractivity contribution in [2.45, 2.75) is 69.8 Å². The number of amides is 1. The van der Waals surface area contributed by atoms with Gasteiger partial charge in [-0.1, -0.05) is 6.42 Å². The molecule has 0 aromatic heterocycles. The van der Waals surface area contributed by atoms with Gasteiger partial charge in [-0.3, -0.25) is 4.79 Å². The van der Waals surface area contributed by atoms with E-state index in [0.29, 0.717) is 24.3 Å². The molecule has 3 saturated carbocycles. The largest absolute Gasteiger partial charge is 0.353 e. The Morgan fingerprint density at radius 1 is 1.06 bits per heavy atom. The SMILES string of the molecule is O=C(NC1CC2(CCC2)C1)C1CCC(F)(F)CC1. The fourth-order valence-electron chi connectivity index (χ4n) is 3.79. The lowest BCUT2D eigenvalue weighted by atomic mass is 9.54. The molecule has 0 aromatic carbocycles. The molecule has 3 fully saturated rings. The minimum atomic E-state index is -2.54. The molecule has 0 bridgehead atoms. The van der Waals surface area contributed by atoms with Crippen molar-refractivity contribution in [2.75, 3.05) is 0 Å². The second-order valence-electron chi connectivity index (χ2n) is 6.60. The Morgan fingerprint density at radius 2 is 1.67 bits per heavy atom. The van der Waals surface area contributed by atoms with Crippen molar-refractivity contribution in [1.29, 1.82) is 0 Å². The van der Waals surface area contributed by atoms with Crippen LogP contribution >= 0.6 is 0 Å². The normalized spacial score (nSPS) is 30.6. The quantitative estimate of drug-likeness (QED) is 0.808. The lowest BCUT2D eigenvalue weighted by Gasteiger charge is -2.54. The van der Waals surface area contributed by atoms with Gasteiger partial charge in [0.25, 0.3) is 0 Å². The zero-order chi connectivity index (χ0) is 12.8. The molecule has 18 heavy (non-hydrogen) atoms. The number of hydrogen-bond acceptors (Lipinski definition) is 1. The van der Waals surface area contributed by atoms with Crippen LogP contribution in [0.3, 0.4) is 0 Å². The smallest absolute Gasteiger partial charge is 0.248 e. The van der Waals surface area contributed by atoms with Gasteiger partial charge in [0.05, 0.1) is 0 Å². The molecule has 1 amide bonds. The van der Waals surface area contributed by atoms with Crippen molar-refractivity contribution in [3.05, 3.63) is 0 Å². The maximum absolute atomic E-state index is 13.0. The number of nitrogens with one attached hydrogen (secondary N) is 1. The highest BCUT2D eigenvalue weighted by Gasteiger charge is 2.49. The van der Waals surface area contributed by atoms with E-state index >= 15 is 0 Å². The van der Waals surface area contributed by atoms with Gasteiger partial charge in [-0.05, 0) is 43.9 Å². The summed E-state index contributed by atoms with van der Waals surface area (Å²) in [4.78, 5) is 12.0. The minimum absolute atomic E-state index is 0.0182. The first-order valence-corrected chi connectivity index (χ1v) is 7.16. The predicted octanol–water partition coefficient (Wildman–Crippen LogP) is 3.26. The molecule has 0 heterocycles. The molecule has 0 saturated heterocycles. The average Bonchev–Trinajstić information content (AvgIpc) is 2.19. The Kier molecular flexibility index (Phi) is 2.87. The first-order chi connectivity index (χ1) is 8.48. The van der Waals surface area contributed by atoms with E-state index in [1.807, 2.05) is 0 Å². The van der Waals surface area contributed by atoms with Crippen LogP contribution in [0.1, 0.15) is 57.8 Å². The predicted molar refractivity (Wildman–Crippen MR) is 64.4 cm³/mol. The maximum Gasteiger partial charge on any atom is 0.248 e. The molecule has 2 nitrogen and oxygen atoms in total. The number of hydrogen-bond donors (Lipinski definition) is 1. The van der Waals surface area contributed by atoms with Crippen LogP contribution in [0, 0.1) is 11.3 Å². The number of rotatable bonds is 2. The third-order valence-corrected chi connectivity index (χ3v) is 5.21. The second-order valence-corrected chi connectivity index (χ2v) is 6.60. The van der Waals surface area contributed by atoms with E-state index in [1.54, 1.807) is 0 Å². The number of carbonyl (C=O) groups is 1. The molecule has 3 aliphatic carbocycles. The summed E-state index contributed by atoms with van der Waals surface area (Å²) in [6.07, 6.45) is 6.62. The molecule has 1 spiro atoms. The molecule has 0 aliphatic heterocycles. The molecule has 3 aliphatic rings. The van der Waals surface area contributed by atoms with Crippen molar-refractivity contribution in [3.8, 4) is 0 Å². The average molecular weight is 257 g/mol. The summed E-state index contributed by atoms with van der Waals surface area (Å²) in [6.45, 7) is 0. The standard InChI is InChI=1S/C14H21F2NO/c15-14(16)6-2-10(3-7-14)12(18)17-11-8-13(9-11)4-1-5-13/h10-11H,1-9H2,(H,17,18). The highest BCUT2D eigenvalue weighted by molar-refractivity contribution is 5.79. The summed E-state index contributed by atoms with van der Waals surface area (Å²) in [5.41, 5.74) is 0.553.